The standard InChI is InChI=1S/C16H22N2O4S/c1-2-22-16(21)12-23-11-15(20)18-9-7-17(8-10-18)13-3-5-14(19)6-4-13/h3-6,19H,2,7-12H2,1H3. The van der Waals surface area contributed by atoms with Crippen molar-refractivity contribution in [1.29, 1.82) is 0 Å². The van der Waals surface area contributed by atoms with E-state index in [1.807, 2.05) is 17.0 Å². The Morgan fingerprint density at radius 3 is 2.39 bits per heavy atom. The number of rotatable bonds is 6. The van der Waals surface area contributed by atoms with Crippen molar-refractivity contribution in [3.8, 4) is 5.75 Å². The average molecular weight is 338 g/mol. The molecule has 0 atom stereocenters. The van der Waals surface area contributed by atoms with Crippen LogP contribution in [-0.4, -0.2) is 66.2 Å². The molecule has 1 fully saturated rings. The van der Waals surface area contributed by atoms with Crippen molar-refractivity contribution in [2.45, 2.75) is 6.92 Å². The number of hydrogen-bond donors (Lipinski definition) is 1. The van der Waals surface area contributed by atoms with E-state index in [1.54, 1.807) is 19.1 Å². The van der Waals surface area contributed by atoms with Crippen LogP contribution in [0.4, 0.5) is 5.69 Å². The van der Waals surface area contributed by atoms with Gasteiger partial charge in [-0.05, 0) is 31.2 Å². The zero-order valence-corrected chi connectivity index (χ0v) is 14.1. The van der Waals surface area contributed by atoms with Gasteiger partial charge >= 0.3 is 5.97 Å². The fourth-order valence-electron chi connectivity index (χ4n) is 2.39. The Morgan fingerprint density at radius 2 is 1.78 bits per heavy atom. The third-order valence-corrected chi connectivity index (χ3v) is 4.49. The number of ether oxygens (including phenoxy) is 1. The Kier molecular flexibility index (Phi) is 6.58. The van der Waals surface area contributed by atoms with E-state index in [1.165, 1.54) is 11.8 Å². The molecule has 0 spiro atoms. The van der Waals surface area contributed by atoms with Gasteiger partial charge in [-0.1, -0.05) is 0 Å². The highest BCUT2D eigenvalue weighted by molar-refractivity contribution is 8.00. The highest BCUT2D eigenvalue weighted by Gasteiger charge is 2.21. The number of phenolic OH excluding ortho intramolecular Hbond substituents is 1. The van der Waals surface area contributed by atoms with Crippen molar-refractivity contribution >= 4 is 29.3 Å². The van der Waals surface area contributed by atoms with E-state index in [-0.39, 0.29) is 23.4 Å². The van der Waals surface area contributed by atoms with Gasteiger partial charge in [-0.3, -0.25) is 9.59 Å². The molecule has 2 rings (SSSR count). The first-order valence-electron chi connectivity index (χ1n) is 7.65. The third-order valence-electron chi connectivity index (χ3n) is 3.60. The van der Waals surface area contributed by atoms with Crippen LogP contribution >= 0.6 is 11.8 Å². The monoisotopic (exact) mass is 338 g/mol. The lowest BCUT2D eigenvalue weighted by Crippen LogP contribution is -2.49. The van der Waals surface area contributed by atoms with Crippen LogP contribution < -0.4 is 4.90 Å². The number of hydrogen-bond acceptors (Lipinski definition) is 6. The predicted octanol–water partition coefficient (Wildman–Crippen LogP) is 1.34. The van der Waals surface area contributed by atoms with Crippen molar-refractivity contribution in [2.24, 2.45) is 0 Å². The molecule has 1 aromatic rings. The second-order valence-electron chi connectivity index (χ2n) is 5.18. The van der Waals surface area contributed by atoms with Gasteiger partial charge in [0.15, 0.2) is 0 Å². The summed E-state index contributed by atoms with van der Waals surface area (Å²) < 4.78 is 4.83. The summed E-state index contributed by atoms with van der Waals surface area (Å²) in [5.41, 5.74) is 1.05. The zero-order chi connectivity index (χ0) is 16.7. The van der Waals surface area contributed by atoms with Gasteiger partial charge in [0, 0.05) is 31.9 Å². The number of carbonyl (C=O) groups excluding carboxylic acids is 2. The maximum Gasteiger partial charge on any atom is 0.315 e. The van der Waals surface area contributed by atoms with Crippen LogP contribution in [0.3, 0.4) is 0 Å². The van der Waals surface area contributed by atoms with Gasteiger partial charge in [-0.15, -0.1) is 11.8 Å². The molecule has 1 amide bonds. The van der Waals surface area contributed by atoms with Gasteiger partial charge in [0.25, 0.3) is 0 Å². The minimum atomic E-state index is -0.276. The maximum atomic E-state index is 12.1. The Labute approximate surface area is 140 Å². The molecule has 0 radical (unpaired) electrons. The summed E-state index contributed by atoms with van der Waals surface area (Å²) in [6.45, 7) is 4.99. The van der Waals surface area contributed by atoms with Crippen molar-refractivity contribution in [3.63, 3.8) is 0 Å². The number of phenols is 1. The second-order valence-corrected chi connectivity index (χ2v) is 6.17. The fourth-order valence-corrected chi connectivity index (χ4v) is 3.10. The number of amides is 1. The number of nitrogens with zero attached hydrogens (tertiary/aromatic N) is 2. The lowest BCUT2D eigenvalue weighted by Gasteiger charge is -2.36. The lowest BCUT2D eigenvalue weighted by molar-refractivity contribution is -0.139. The second kappa shape index (κ2) is 8.67. The minimum absolute atomic E-state index is 0.0599. The molecule has 0 aliphatic carbocycles. The van der Waals surface area contributed by atoms with Gasteiger partial charge in [-0.2, -0.15) is 0 Å². The average Bonchev–Trinajstić information content (AvgIpc) is 2.56. The first-order valence-corrected chi connectivity index (χ1v) is 8.80. The number of benzene rings is 1. The number of anilines is 1. The molecule has 1 heterocycles. The first kappa shape index (κ1) is 17.5. The molecule has 1 aromatic carbocycles. The van der Waals surface area contributed by atoms with E-state index < -0.39 is 0 Å². The molecular weight excluding hydrogens is 316 g/mol. The van der Waals surface area contributed by atoms with Crippen LogP contribution in [0.2, 0.25) is 0 Å². The molecule has 6 nitrogen and oxygen atoms in total. The molecule has 7 heteroatoms. The number of aromatic hydroxyl groups is 1. The van der Waals surface area contributed by atoms with E-state index >= 15 is 0 Å². The Hall–Kier alpha value is -1.89. The summed E-state index contributed by atoms with van der Waals surface area (Å²) in [7, 11) is 0. The summed E-state index contributed by atoms with van der Waals surface area (Å²) in [6.07, 6.45) is 0. The largest absolute Gasteiger partial charge is 0.508 e. The van der Waals surface area contributed by atoms with E-state index in [0.29, 0.717) is 25.4 Å². The summed E-state index contributed by atoms with van der Waals surface area (Å²) in [6, 6.07) is 7.09. The van der Waals surface area contributed by atoms with Crippen molar-refractivity contribution < 1.29 is 19.4 Å². The summed E-state index contributed by atoms with van der Waals surface area (Å²) >= 11 is 1.29. The number of piperazine rings is 1. The molecule has 0 bridgehead atoms. The van der Waals surface area contributed by atoms with E-state index in [0.717, 1.165) is 18.8 Å². The Morgan fingerprint density at radius 1 is 1.13 bits per heavy atom. The van der Waals surface area contributed by atoms with E-state index in [9.17, 15) is 14.7 Å². The molecule has 1 saturated heterocycles. The van der Waals surface area contributed by atoms with Crippen molar-refractivity contribution in [3.05, 3.63) is 24.3 Å². The summed E-state index contributed by atoms with van der Waals surface area (Å²) in [5.74, 6) is 0.554. The lowest BCUT2D eigenvalue weighted by atomic mass is 10.2. The Bertz CT molecular complexity index is 527. The van der Waals surface area contributed by atoms with Crippen LogP contribution in [0, 0.1) is 0 Å². The van der Waals surface area contributed by atoms with Crippen molar-refractivity contribution in [2.75, 3.05) is 49.2 Å². The molecule has 126 valence electrons. The van der Waals surface area contributed by atoms with E-state index in [4.69, 9.17) is 4.74 Å². The van der Waals surface area contributed by atoms with Crippen LogP contribution in [0.1, 0.15) is 6.92 Å². The molecule has 1 aliphatic heterocycles. The number of carbonyl (C=O) groups is 2. The van der Waals surface area contributed by atoms with Gasteiger partial charge in [0.05, 0.1) is 18.1 Å². The molecular formula is C16H22N2O4S. The quantitative estimate of drug-likeness (QED) is 0.790. The molecule has 1 aliphatic rings. The molecule has 0 saturated carbocycles. The van der Waals surface area contributed by atoms with Gasteiger partial charge in [0.1, 0.15) is 5.75 Å². The zero-order valence-electron chi connectivity index (χ0n) is 13.2. The molecule has 23 heavy (non-hydrogen) atoms. The third kappa shape index (κ3) is 5.35. The van der Waals surface area contributed by atoms with Crippen LogP contribution in [0.5, 0.6) is 5.75 Å². The SMILES string of the molecule is CCOC(=O)CSCC(=O)N1CCN(c2ccc(O)cc2)CC1. The first-order chi connectivity index (χ1) is 11.1. The number of esters is 1. The van der Waals surface area contributed by atoms with Crippen LogP contribution in [0.25, 0.3) is 0 Å². The minimum Gasteiger partial charge on any atom is -0.508 e. The predicted molar refractivity (Wildman–Crippen MR) is 90.9 cm³/mol. The van der Waals surface area contributed by atoms with Crippen LogP contribution in [-0.2, 0) is 14.3 Å². The fraction of sp³-hybridized carbons (Fsp3) is 0.500. The highest BCUT2D eigenvalue weighted by Crippen LogP contribution is 2.20. The number of thioether (sulfide) groups is 1. The molecule has 0 aromatic heterocycles. The van der Waals surface area contributed by atoms with Gasteiger partial charge in [-0.25, -0.2) is 0 Å². The van der Waals surface area contributed by atoms with Gasteiger partial charge in [0.2, 0.25) is 5.91 Å². The molecule has 1 N–H and O–H groups in total. The summed E-state index contributed by atoms with van der Waals surface area (Å²) in [4.78, 5) is 27.4. The topological polar surface area (TPSA) is 70.1 Å². The van der Waals surface area contributed by atoms with Gasteiger partial charge < -0.3 is 19.6 Å². The van der Waals surface area contributed by atoms with Crippen LogP contribution in [0.15, 0.2) is 24.3 Å². The molecule has 0 unspecified atom stereocenters. The maximum absolute atomic E-state index is 12.1. The summed E-state index contributed by atoms with van der Waals surface area (Å²) in [5, 5.41) is 9.32. The smallest absolute Gasteiger partial charge is 0.315 e. The van der Waals surface area contributed by atoms with E-state index in [2.05, 4.69) is 4.90 Å². The highest BCUT2D eigenvalue weighted by atomic mass is 32.2. The Balaban J connectivity index is 1.72. The van der Waals surface area contributed by atoms with Crippen molar-refractivity contribution in [1.82, 2.24) is 4.90 Å². The normalized spacial score (nSPS) is 14.7.